The van der Waals surface area contributed by atoms with Crippen LogP contribution in [0.3, 0.4) is 0 Å². The van der Waals surface area contributed by atoms with Crippen molar-refractivity contribution in [2.75, 3.05) is 0 Å². The molecule has 0 radical (unpaired) electrons. The second-order valence-corrected chi connectivity index (χ2v) is 3.75. The maximum Gasteiger partial charge on any atom is 0.139 e. The fourth-order valence-corrected chi connectivity index (χ4v) is 1.75. The van der Waals surface area contributed by atoms with E-state index in [0.29, 0.717) is 6.42 Å². The first-order chi connectivity index (χ1) is 6.24. The van der Waals surface area contributed by atoms with Crippen molar-refractivity contribution >= 4 is 17.1 Å². The molecule has 0 aromatic carbocycles. The Kier molecular flexibility index (Phi) is 3.86. The van der Waals surface area contributed by atoms with Gasteiger partial charge in [0.2, 0.25) is 0 Å². The number of allylic oxidation sites excluding steroid dienone is 1. The number of thiophene rings is 1. The highest BCUT2D eigenvalue weighted by molar-refractivity contribution is 7.10. The van der Waals surface area contributed by atoms with Gasteiger partial charge in [-0.2, -0.15) is 0 Å². The van der Waals surface area contributed by atoms with E-state index < -0.39 is 6.10 Å². The molecule has 1 heterocycles. The van der Waals surface area contributed by atoms with Crippen LogP contribution in [0, 0.1) is 0 Å². The van der Waals surface area contributed by atoms with Crippen LogP contribution >= 0.6 is 11.3 Å². The smallest absolute Gasteiger partial charge is 0.139 e. The van der Waals surface area contributed by atoms with Gasteiger partial charge in [-0.3, -0.25) is 4.79 Å². The molecule has 0 fully saturated rings. The van der Waals surface area contributed by atoms with E-state index in [4.69, 9.17) is 0 Å². The maximum atomic E-state index is 11.1. The summed E-state index contributed by atoms with van der Waals surface area (Å²) in [5, 5.41) is 11.4. The SMILES string of the molecule is C=CCC(=O)CC(O)c1cccs1. The molecule has 1 atom stereocenters. The minimum Gasteiger partial charge on any atom is -0.387 e. The van der Waals surface area contributed by atoms with E-state index in [0.717, 1.165) is 4.88 Å². The molecule has 0 saturated carbocycles. The molecular formula is C10H12O2S. The highest BCUT2D eigenvalue weighted by Crippen LogP contribution is 2.22. The lowest BCUT2D eigenvalue weighted by Gasteiger charge is -2.05. The number of ketones is 1. The number of carbonyl (C=O) groups excluding carboxylic acids is 1. The molecule has 1 rings (SSSR count). The molecule has 2 nitrogen and oxygen atoms in total. The average Bonchev–Trinajstić information content (AvgIpc) is 2.55. The highest BCUT2D eigenvalue weighted by Gasteiger charge is 2.12. The van der Waals surface area contributed by atoms with E-state index >= 15 is 0 Å². The van der Waals surface area contributed by atoms with Crippen LogP contribution in [0.4, 0.5) is 0 Å². The molecule has 1 N–H and O–H groups in total. The Hall–Kier alpha value is -0.930. The Morgan fingerprint density at radius 1 is 1.77 bits per heavy atom. The lowest BCUT2D eigenvalue weighted by molar-refractivity contribution is -0.120. The van der Waals surface area contributed by atoms with E-state index in [2.05, 4.69) is 6.58 Å². The van der Waals surface area contributed by atoms with Crippen molar-refractivity contribution in [1.82, 2.24) is 0 Å². The largest absolute Gasteiger partial charge is 0.387 e. The number of carbonyl (C=O) groups is 1. The van der Waals surface area contributed by atoms with Gasteiger partial charge in [0.15, 0.2) is 0 Å². The number of hydrogen-bond acceptors (Lipinski definition) is 3. The predicted molar refractivity (Wildman–Crippen MR) is 53.7 cm³/mol. The minimum absolute atomic E-state index is 0.0240. The molecule has 1 aromatic heterocycles. The summed E-state index contributed by atoms with van der Waals surface area (Å²) in [6.07, 6.45) is 1.44. The van der Waals surface area contributed by atoms with Crippen LogP contribution < -0.4 is 0 Å². The summed E-state index contributed by atoms with van der Waals surface area (Å²) < 4.78 is 0. The van der Waals surface area contributed by atoms with Crippen molar-refractivity contribution in [2.45, 2.75) is 18.9 Å². The predicted octanol–water partition coefficient (Wildman–Crippen LogP) is 2.32. The van der Waals surface area contributed by atoms with E-state index in [1.54, 1.807) is 6.08 Å². The topological polar surface area (TPSA) is 37.3 Å². The van der Waals surface area contributed by atoms with Gasteiger partial charge in [-0.05, 0) is 11.4 Å². The van der Waals surface area contributed by atoms with E-state index in [1.807, 2.05) is 17.5 Å². The fourth-order valence-electron chi connectivity index (χ4n) is 1.04. The van der Waals surface area contributed by atoms with Crippen molar-refractivity contribution < 1.29 is 9.90 Å². The standard InChI is InChI=1S/C10H12O2S/c1-2-4-8(11)7-9(12)10-5-3-6-13-10/h2-3,5-6,9,12H,1,4,7H2. The summed E-state index contributed by atoms with van der Waals surface area (Å²) in [5.74, 6) is 0.0240. The molecule has 0 spiro atoms. The maximum absolute atomic E-state index is 11.1. The second kappa shape index (κ2) is 4.94. The first kappa shape index (κ1) is 10.2. The third-order valence-electron chi connectivity index (χ3n) is 1.66. The van der Waals surface area contributed by atoms with Gasteiger partial charge in [0, 0.05) is 17.7 Å². The molecule has 1 unspecified atom stereocenters. The van der Waals surface area contributed by atoms with Gasteiger partial charge < -0.3 is 5.11 Å². The Bertz CT molecular complexity index is 277. The lowest BCUT2D eigenvalue weighted by Crippen LogP contribution is -2.03. The van der Waals surface area contributed by atoms with Crippen molar-refractivity contribution in [1.29, 1.82) is 0 Å². The molecule has 0 aliphatic rings. The van der Waals surface area contributed by atoms with E-state index in [9.17, 15) is 9.90 Å². The molecular weight excluding hydrogens is 184 g/mol. The number of aliphatic hydroxyl groups is 1. The first-order valence-electron chi connectivity index (χ1n) is 4.08. The van der Waals surface area contributed by atoms with Gasteiger partial charge in [-0.15, -0.1) is 17.9 Å². The van der Waals surface area contributed by atoms with Gasteiger partial charge in [-0.1, -0.05) is 12.1 Å². The van der Waals surface area contributed by atoms with Crippen LogP contribution in [0.15, 0.2) is 30.2 Å². The van der Waals surface area contributed by atoms with Crippen molar-refractivity contribution in [2.24, 2.45) is 0 Å². The molecule has 1 aromatic rings. The molecule has 0 amide bonds. The Morgan fingerprint density at radius 2 is 2.54 bits per heavy atom. The molecule has 0 aliphatic carbocycles. The van der Waals surface area contributed by atoms with Crippen LogP contribution in [0.2, 0.25) is 0 Å². The summed E-state index contributed by atoms with van der Waals surface area (Å²) in [6.45, 7) is 3.47. The van der Waals surface area contributed by atoms with Gasteiger partial charge in [0.1, 0.15) is 5.78 Å². The second-order valence-electron chi connectivity index (χ2n) is 2.77. The molecule has 0 bridgehead atoms. The van der Waals surface area contributed by atoms with E-state index in [1.165, 1.54) is 11.3 Å². The number of rotatable bonds is 5. The summed E-state index contributed by atoms with van der Waals surface area (Å²) in [4.78, 5) is 12.0. The highest BCUT2D eigenvalue weighted by atomic mass is 32.1. The van der Waals surface area contributed by atoms with Crippen LogP contribution in [-0.4, -0.2) is 10.9 Å². The van der Waals surface area contributed by atoms with Crippen LogP contribution in [0.1, 0.15) is 23.8 Å². The Labute approximate surface area is 81.5 Å². The van der Waals surface area contributed by atoms with Crippen LogP contribution in [0.25, 0.3) is 0 Å². The third kappa shape index (κ3) is 3.13. The summed E-state index contributed by atoms with van der Waals surface area (Å²) in [6, 6.07) is 3.69. The van der Waals surface area contributed by atoms with Crippen molar-refractivity contribution in [3.05, 3.63) is 35.0 Å². The fraction of sp³-hybridized carbons (Fsp3) is 0.300. The number of hydrogen-bond donors (Lipinski definition) is 1. The summed E-state index contributed by atoms with van der Waals surface area (Å²) in [5.41, 5.74) is 0. The normalized spacial score (nSPS) is 12.4. The summed E-state index contributed by atoms with van der Waals surface area (Å²) >= 11 is 1.46. The lowest BCUT2D eigenvalue weighted by atomic mass is 10.1. The van der Waals surface area contributed by atoms with Gasteiger partial charge in [0.25, 0.3) is 0 Å². The zero-order valence-electron chi connectivity index (χ0n) is 7.27. The molecule has 70 valence electrons. The Morgan fingerprint density at radius 3 is 3.08 bits per heavy atom. The van der Waals surface area contributed by atoms with Gasteiger partial charge >= 0.3 is 0 Å². The first-order valence-corrected chi connectivity index (χ1v) is 4.96. The number of Topliss-reactive ketones (excluding diaryl/α,β-unsaturated/α-hetero) is 1. The monoisotopic (exact) mass is 196 g/mol. The zero-order chi connectivity index (χ0) is 9.68. The molecule has 0 aliphatic heterocycles. The van der Waals surface area contributed by atoms with Crippen molar-refractivity contribution in [3.63, 3.8) is 0 Å². The van der Waals surface area contributed by atoms with Crippen LogP contribution in [-0.2, 0) is 4.79 Å². The number of aliphatic hydroxyl groups excluding tert-OH is 1. The molecule has 13 heavy (non-hydrogen) atoms. The third-order valence-corrected chi connectivity index (χ3v) is 2.64. The van der Waals surface area contributed by atoms with Gasteiger partial charge in [0.05, 0.1) is 6.10 Å². The minimum atomic E-state index is -0.646. The summed E-state index contributed by atoms with van der Waals surface area (Å²) in [7, 11) is 0. The quantitative estimate of drug-likeness (QED) is 0.734. The van der Waals surface area contributed by atoms with Crippen molar-refractivity contribution in [3.8, 4) is 0 Å². The molecule has 3 heteroatoms. The average molecular weight is 196 g/mol. The Balaban J connectivity index is 2.46. The van der Waals surface area contributed by atoms with E-state index in [-0.39, 0.29) is 12.2 Å². The van der Waals surface area contributed by atoms with Crippen LogP contribution in [0.5, 0.6) is 0 Å². The molecule has 0 saturated heterocycles. The van der Waals surface area contributed by atoms with Gasteiger partial charge in [-0.25, -0.2) is 0 Å². The zero-order valence-corrected chi connectivity index (χ0v) is 8.09.